The van der Waals surface area contributed by atoms with Crippen molar-refractivity contribution in [2.45, 2.75) is 44.1 Å². The minimum absolute atomic E-state index is 0.00911. The third kappa shape index (κ3) is 2.51. The SMILES string of the molecule is CCC1SCC(C(=O)O)N1C(=O)NC1CC1C. The maximum atomic E-state index is 12.1. The first-order valence-corrected chi connectivity index (χ1v) is 7.02. The van der Waals surface area contributed by atoms with Crippen LogP contribution in [0.1, 0.15) is 26.7 Å². The van der Waals surface area contributed by atoms with Gasteiger partial charge in [0.1, 0.15) is 6.04 Å². The molecule has 2 aliphatic rings. The smallest absolute Gasteiger partial charge is 0.327 e. The van der Waals surface area contributed by atoms with Crippen molar-refractivity contribution in [3.63, 3.8) is 0 Å². The number of hydrogen-bond acceptors (Lipinski definition) is 3. The highest BCUT2D eigenvalue weighted by Gasteiger charge is 2.43. The van der Waals surface area contributed by atoms with Crippen LogP contribution in [0.3, 0.4) is 0 Å². The van der Waals surface area contributed by atoms with Crippen molar-refractivity contribution in [1.82, 2.24) is 10.2 Å². The highest BCUT2D eigenvalue weighted by atomic mass is 32.2. The van der Waals surface area contributed by atoms with Gasteiger partial charge in [-0.1, -0.05) is 13.8 Å². The maximum Gasteiger partial charge on any atom is 0.327 e. The van der Waals surface area contributed by atoms with Crippen LogP contribution in [-0.2, 0) is 4.79 Å². The number of aliphatic carboxylic acids is 1. The molecule has 2 fully saturated rings. The van der Waals surface area contributed by atoms with Crippen LogP contribution in [0.4, 0.5) is 4.79 Å². The number of nitrogens with zero attached hydrogens (tertiary/aromatic N) is 1. The molecule has 2 rings (SSSR count). The Hall–Kier alpha value is -0.910. The van der Waals surface area contributed by atoms with Gasteiger partial charge in [0, 0.05) is 11.8 Å². The van der Waals surface area contributed by atoms with Crippen LogP contribution < -0.4 is 5.32 Å². The topological polar surface area (TPSA) is 69.6 Å². The summed E-state index contributed by atoms with van der Waals surface area (Å²) in [5.41, 5.74) is 0. The zero-order chi connectivity index (χ0) is 12.6. The minimum atomic E-state index is -0.910. The van der Waals surface area contributed by atoms with Gasteiger partial charge < -0.3 is 10.4 Å². The molecule has 1 saturated carbocycles. The normalized spacial score (nSPS) is 35.8. The molecule has 0 radical (unpaired) electrons. The molecule has 4 atom stereocenters. The monoisotopic (exact) mass is 258 g/mol. The summed E-state index contributed by atoms with van der Waals surface area (Å²) < 4.78 is 0. The molecule has 0 bridgehead atoms. The van der Waals surface area contributed by atoms with Gasteiger partial charge in [0.15, 0.2) is 0 Å². The fourth-order valence-electron chi connectivity index (χ4n) is 2.10. The van der Waals surface area contributed by atoms with Crippen LogP contribution in [0.15, 0.2) is 0 Å². The zero-order valence-electron chi connectivity index (χ0n) is 10.0. The number of carbonyl (C=O) groups is 2. The molecule has 1 aliphatic heterocycles. The average molecular weight is 258 g/mol. The lowest BCUT2D eigenvalue weighted by Gasteiger charge is -2.26. The number of urea groups is 1. The Balaban J connectivity index is 2.02. The third-order valence-electron chi connectivity index (χ3n) is 3.38. The van der Waals surface area contributed by atoms with E-state index in [1.807, 2.05) is 6.92 Å². The molecule has 0 aromatic carbocycles. The van der Waals surface area contributed by atoms with E-state index in [4.69, 9.17) is 5.11 Å². The van der Waals surface area contributed by atoms with Crippen molar-refractivity contribution in [3.8, 4) is 0 Å². The second-order valence-corrected chi connectivity index (χ2v) is 5.94. The van der Waals surface area contributed by atoms with E-state index in [9.17, 15) is 9.59 Å². The Morgan fingerprint density at radius 2 is 2.18 bits per heavy atom. The number of carbonyl (C=O) groups excluding carboxylic acids is 1. The van der Waals surface area contributed by atoms with Gasteiger partial charge in [-0.05, 0) is 18.8 Å². The number of carboxylic acid groups (broad SMARTS) is 1. The molecular formula is C11H18N2O3S. The number of hydrogen-bond donors (Lipinski definition) is 2. The van der Waals surface area contributed by atoms with Crippen LogP contribution in [-0.4, -0.2) is 45.2 Å². The van der Waals surface area contributed by atoms with E-state index in [0.29, 0.717) is 11.7 Å². The van der Waals surface area contributed by atoms with Gasteiger partial charge in [-0.2, -0.15) is 0 Å². The van der Waals surface area contributed by atoms with Crippen LogP contribution >= 0.6 is 11.8 Å². The average Bonchev–Trinajstić information content (AvgIpc) is 2.83. The fraction of sp³-hybridized carbons (Fsp3) is 0.818. The summed E-state index contributed by atoms with van der Waals surface area (Å²) in [5.74, 6) is 0.103. The Labute approximate surface area is 105 Å². The second kappa shape index (κ2) is 4.76. The molecule has 1 heterocycles. The fourth-order valence-corrected chi connectivity index (χ4v) is 3.44. The first-order chi connectivity index (χ1) is 8.04. The van der Waals surface area contributed by atoms with E-state index >= 15 is 0 Å². The van der Waals surface area contributed by atoms with Crippen molar-refractivity contribution < 1.29 is 14.7 Å². The number of rotatable bonds is 3. The Kier molecular flexibility index (Phi) is 3.51. The lowest BCUT2D eigenvalue weighted by atomic mass is 10.3. The Morgan fingerprint density at radius 3 is 2.65 bits per heavy atom. The maximum absolute atomic E-state index is 12.1. The van der Waals surface area contributed by atoms with Gasteiger partial charge in [0.05, 0.1) is 5.37 Å². The van der Waals surface area contributed by atoms with Crippen molar-refractivity contribution in [2.75, 3.05) is 5.75 Å². The number of thioether (sulfide) groups is 1. The van der Waals surface area contributed by atoms with E-state index in [0.717, 1.165) is 12.8 Å². The molecule has 2 amide bonds. The lowest BCUT2D eigenvalue weighted by molar-refractivity contribution is -0.141. The molecule has 17 heavy (non-hydrogen) atoms. The number of nitrogens with one attached hydrogen (secondary N) is 1. The minimum Gasteiger partial charge on any atom is -0.480 e. The lowest BCUT2D eigenvalue weighted by Crippen LogP contribution is -2.50. The van der Waals surface area contributed by atoms with Crippen molar-refractivity contribution in [2.24, 2.45) is 5.92 Å². The standard InChI is InChI=1S/C11H18N2O3S/c1-3-9-13(8(5-17-9)10(14)15)11(16)12-7-4-6(7)2/h6-9H,3-5H2,1-2H3,(H,12,16)(H,14,15). The van der Waals surface area contributed by atoms with E-state index in [2.05, 4.69) is 12.2 Å². The predicted molar refractivity (Wildman–Crippen MR) is 65.9 cm³/mol. The number of amides is 2. The molecule has 96 valence electrons. The summed E-state index contributed by atoms with van der Waals surface area (Å²) in [7, 11) is 0. The van der Waals surface area contributed by atoms with E-state index < -0.39 is 12.0 Å². The molecule has 1 aliphatic carbocycles. The van der Waals surface area contributed by atoms with Crippen molar-refractivity contribution in [1.29, 1.82) is 0 Å². The summed E-state index contributed by atoms with van der Waals surface area (Å²) in [6.07, 6.45) is 1.78. The zero-order valence-corrected chi connectivity index (χ0v) is 10.9. The highest BCUT2D eigenvalue weighted by Crippen LogP contribution is 2.33. The summed E-state index contributed by atoms with van der Waals surface area (Å²) in [4.78, 5) is 24.7. The molecule has 4 unspecified atom stereocenters. The van der Waals surface area contributed by atoms with Crippen LogP contribution in [0.25, 0.3) is 0 Å². The molecular weight excluding hydrogens is 240 g/mol. The molecule has 5 nitrogen and oxygen atoms in total. The summed E-state index contributed by atoms with van der Waals surface area (Å²) in [6.45, 7) is 4.05. The van der Waals surface area contributed by atoms with Gasteiger partial charge >= 0.3 is 12.0 Å². The van der Waals surface area contributed by atoms with Crippen molar-refractivity contribution >= 4 is 23.8 Å². The molecule has 0 aromatic rings. The Bertz CT molecular complexity index is 337. The molecule has 2 N–H and O–H groups in total. The highest BCUT2D eigenvalue weighted by molar-refractivity contribution is 8.00. The summed E-state index contributed by atoms with van der Waals surface area (Å²) in [5, 5.41) is 12.0. The molecule has 6 heteroatoms. The van der Waals surface area contributed by atoms with Crippen LogP contribution in [0.5, 0.6) is 0 Å². The molecule has 0 aromatic heterocycles. The van der Waals surface area contributed by atoms with Crippen molar-refractivity contribution in [3.05, 3.63) is 0 Å². The molecule has 0 spiro atoms. The summed E-state index contributed by atoms with van der Waals surface area (Å²) >= 11 is 1.55. The number of carboxylic acids is 1. The van der Waals surface area contributed by atoms with E-state index in [1.165, 1.54) is 4.90 Å². The van der Waals surface area contributed by atoms with Crippen LogP contribution in [0.2, 0.25) is 0 Å². The van der Waals surface area contributed by atoms with Gasteiger partial charge in [0.2, 0.25) is 0 Å². The first kappa shape index (κ1) is 12.5. The summed E-state index contributed by atoms with van der Waals surface area (Å²) in [6, 6.07) is -0.664. The van der Waals surface area contributed by atoms with Gasteiger partial charge in [-0.25, -0.2) is 9.59 Å². The second-order valence-electron chi connectivity index (χ2n) is 4.73. The predicted octanol–water partition coefficient (Wildman–Crippen LogP) is 1.34. The van der Waals surface area contributed by atoms with E-state index in [1.54, 1.807) is 11.8 Å². The largest absolute Gasteiger partial charge is 0.480 e. The van der Waals surface area contributed by atoms with Gasteiger partial charge in [0.25, 0.3) is 0 Å². The van der Waals surface area contributed by atoms with Crippen LogP contribution in [0, 0.1) is 5.92 Å². The first-order valence-electron chi connectivity index (χ1n) is 5.97. The quantitative estimate of drug-likeness (QED) is 0.801. The Morgan fingerprint density at radius 1 is 1.53 bits per heavy atom. The van der Waals surface area contributed by atoms with E-state index in [-0.39, 0.29) is 17.4 Å². The van der Waals surface area contributed by atoms with Gasteiger partial charge in [-0.3, -0.25) is 4.90 Å². The van der Waals surface area contributed by atoms with Gasteiger partial charge in [-0.15, -0.1) is 11.8 Å². The third-order valence-corrected chi connectivity index (χ3v) is 4.83. The molecule has 1 saturated heterocycles.